The summed E-state index contributed by atoms with van der Waals surface area (Å²) in [5, 5.41) is 0. The van der Waals surface area contributed by atoms with Gasteiger partial charge < -0.3 is 9.47 Å². The van der Waals surface area contributed by atoms with Crippen molar-refractivity contribution in [3.05, 3.63) is 23.3 Å². The number of fused-ring (bicyclic) bond motifs is 1. The third kappa shape index (κ3) is 1.34. The SMILES string of the molecule is COc1cc2c(cc1OC)C(CCl)C2. The summed E-state index contributed by atoms with van der Waals surface area (Å²) < 4.78 is 10.4. The van der Waals surface area contributed by atoms with Gasteiger partial charge in [0.1, 0.15) is 0 Å². The van der Waals surface area contributed by atoms with Crippen LogP contribution in [0.1, 0.15) is 17.0 Å². The Balaban J connectivity index is 2.38. The topological polar surface area (TPSA) is 18.5 Å². The molecule has 0 bridgehead atoms. The minimum absolute atomic E-state index is 0.492. The van der Waals surface area contributed by atoms with Crippen molar-refractivity contribution in [1.29, 1.82) is 0 Å². The number of ether oxygens (including phenoxy) is 2. The fraction of sp³-hybridized carbons (Fsp3) is 0.455. The Kier molecular flexibility index (Phi) is 2.55. The van der Waals surface area contributed by atoms with Crippen LogP contribution >= 0.6 is 11.6 Å². The lowest BCUT2D eigenvalue weighted by molar-refractivity contribution is 0.352. The quantitative estimate of drug-likeness (QED) is 0.717. The van der Waals surface area contributed by atoms with Gasteiger partial charge in [0, 0.05) is 11.8 Å². The maximum Gasteiger partial charge on any atom is 0.161 e. The number of benzene rings is 1. The predicted molar refractivity (Wildman–Crippen MR) is 56.7 cm³/mol. The molecule has 3 heteroatoms. The monoisotopic (exact) mass is 212 g/mol. The second-order valence-corrected chi connectivity index (χ2v) is 3.77. The van der Waals surface area contributed by atoms with Gasteiger partial charge in [-0.2, -0.15) is 0 Å². The van der Waals surface area contributed by atoms with Gasteiger partial charge in [-0.05, 0) is 29.7 Å². The van der Waals surface area contributed by atoms with Crippen LogP contribution in [0, 0.1) is 0 Å². The molecule has 1 unspecified atom stereocenters. The van der Waals surface area contributed by atoms with Gasteiger partial charge in [0.25, 0.3) is 0 Å². The van der Waals surface area contributed by atoms with E-state index in [-0.39, 0.29) is 0 Å². The van der Waals surface area contributed by atoms with E-state index in [1.807, 2.05) is 12.1 Å². The van der Waals surface area contributed by atoms with Crippen molar-refractivity contribution in [3.63, 3.8) is 0 Å². The highest BCUT2D eigenvalue weighted by Crippen LogP contribution is 2.42. The first-order valence-electron chi connectivity index (χ1n) is 4.61. The van der Waals surface area contributed by atoms with Gasteiger partial charge >= 0.3 is 0 Å². The molecule has 1 aliphatic carbocycles. The normalized spacial score (nSPS) is 18.4. The molecule has 0 amide bonds. The molecule has 0 heterocycles. The largest absolute Gasteiger partial charge is 0.493 e. The van der Waals surface area contributed by atoms with E-state index in [2.05, 4.69) is 0 Å². The zero-order chi connectivity index (χ0) is 10.1. The minimum Gasteiger partial charge on any atom is -0.493 e. The zero-order valence-electron chi connectivity index (χ0n) is 8.34. The lowest BCUT2D eigenvalue weighted by atomic mass is 9.78. The van der Waals surface area contributed by atoms with Crippen LogP contribution in [0.25, 0.3) is 0 Å². The van der Waals surface area contributed by atoms with Crippen molar-refractivity contribution in [2.24, 2.45) is 0 Å². The Hall–Kier alpha value is -0.890. The van der Waals surface area contributed by atoms with Crippen LogP contribution in [-0.2, 0) is 6.42 Å². The van der Waals surface area contributed by atoms with Crippen molar-refractivity contribution in [2.45, 2.75) is 12.3 Å². The fourth-order valence-electron chi connectivity index (χ4n) is 1.88. The van der Waals surface area contributed by atoms with Crippen molar-refractivity contribution < 1.29 is 9.47 Å². The average molecular weight is 213 g/mol. The summed E-state index contributed by atoms with van der Waals surface area (Å²) in [6.07, 6.45) is 1.05. The maximum absolute atomic E-state index is 5.83. The predicted octanol–water partition coefficient (Wildman–Crippen LogP) is 2.58. The number of hydrogen-bond donors (Lipinski definition) is 0. The summed E-state index contributed by atoms with van der Waals surface area (Å²) in [5.41, 5.74) is 2.63. The molecule has 0 radical (unpaired) electrons. The molecule has 0 saturated heterocycles. The van der Waals surface area contributed by atoms with Gasteiger partial charge in [0.2, 0.25) is 0 Å². The average Bonchev–Trinajstić information content (AvgIpc) is 2.20. The number of halogens is 1. The Bertz CT molecular complexity index is 349. The van der Waals surface area contributed by atoms with Crippen LogP contribution in [0.15, 0.2) is 12.1 Å². The van der Waals surface area contributed by atoms with Crippen LogP contribution < -0.4 is 9.47 Å². The standard InChI is InChI=1S/C11H13ClO2/c1-13-10-4-7-3-8(6-12)9(7)5-11(10)14-2/h4-5,8H,3,6H2,1-2H3. The molecule has 1 aliphatic rings. The lowest BCUT2D eigenvalue weighted by Gasteiger charge is -2.29. The number of rotatable bonds is 3. The van der Waals surface area contributed by atoms with Gasteiger partial charge in [0.05, 0.1) is 14.2 Å². The molecule has 76 valence electrons. The molecule has 0 saturated carbocycles. The van der Waals surface area contributed by atoms with E-state index < -0.39 is 0 Å². The van der Waals surface area contributed by atoms with Crippen LogP contribution in [-0.4, -0.2) is 20.1 Å². The number of alkyl halides is 1. The molecule has 0 aromatic heterocycles. The Morgan fingerprint density at radius 3 is 2.50 bits per heavy atom. The summed E-state index contributed by atoms with van der Waals surface area (Å²) in [6, 6.07) is 4.07. The third-order valence-electron chi connectivity index (χ3n) is 2.74. The van der Waals surface area contributed by atoms with Crippen molar-refractivity contribution in [1.82, 2.24) is 0 Å². The summed E-state index contributed by atoms with van der Waals surface area (Å²) in [5.74, 6) is 2.77. The molecule has 1 aromatic rings. The molecular weight excluding hydrogens is 200 g/mol. The molecule has 2 nitrogen and oxygen atoms in total. The van der Waals surface area contributed by atoms with Crippen molar-refractivity contribution in [2.75, 3.05) is 20.1 Å². The van der Waals surface area contributed by atoms with Crippen LogP contribution in [0.4, 0.5) is 0 Å². The first kappa shape index (κ1) is 9.66. The fourth-order valence-corrected chi connectivity index (χ4v) is 2.15. The zero-order valence-corrected chi connectivity index (χ0v) is 9.10. The molecule has 1 aromatic carbocycles. The first-order chi connectivity index (χ1) is 6.80. The molecule has 0 fully saturated rings. The second-order valence-electron chi connectivity index (χ2n) is 3.46. The van der Waals surface area contributed by atoms with Crippen LogP contribution in [0.5, 0.6) is 11.5 Å². The molecule has 2 rings (SSSR count). The summed E-state index contributed by atoms with van der Waals surface area (Å²) in [6.45, 7) is 0. The molecule has 0 spiro atoms. The highest BCUT2D eigenvalue weighted by Gasteiger charge is 2.27. The van der Waals surface area contributed by atoms with E-state index in [4.69, 9.17) is 21.1 Å². The van der Waals surface area contributed by atoms with E-state index >= 15 is 0 Å². The molecule has 0 N–H and O–H groups in total. The van der Waals surface area contributed by atoms with E-state index in [9.17, 15) is 0 Å². The van der Waals surface area contributed by atoms with Gasteiger partial charge in [-0.25, -0.2) is 0 Å². The van der Waals surface area contributed by atoms with E-state index in [0.717, 1.165) is 17.9 Å². The van der Waals surface area contributed by atoms with Gasteiger partial charge in [-0.15, -0.1) is 11.6 Å². The van der Waals surface area contributed by atoms with Gasteiger partial charge in [0.15, 0.2) is 11.5 Å². The minimum atomic E-state index is 0.492. The summed E-state index contributed by atoms with van der Waals surface area (Å²) in [4.78, 5) is 0. The highest BCUT2D eigenvalue weighted by molar-refractivity contribution is 6.18. The molecular formula is C11H13ClO2. The van der Waals surface area contributed by atoms with E-state index in [1.165, 1.54) is 11.1 Å². The van der Waals surface area contributed by atoms with E-state index in [1.54, 1.807) is 14.2 Å². The number of methoxy groups -OCH3 is 2. The first-order valence-corrected chi connectivity index (χ1v) is 5.14. The second kappa shape index (κ2) is 3.70. The lowest BCUT2D eigenvalue weighted by Crippen LogP contribution is -2.18. The molecule has 1 atom stereocenters. The Morgan fingerprint density at radius 2 is 1.93 bits per heavy atom. The van der Waals surface area contributed by atoms with Crippen molar-refractivity contribution in [3.8, 4) is 11.5 Å². The number of hydrogen-bond acceptors (Lipinski definition) is 2. The van der Waals surface area contributed by atoms with Crippen molar-refractivity contribution >= 4 is 11.6 Å². The van der Waals surface area contributed by atoms with Gasteiger partial charge in [-0.1, -0.05) is 0 Å². The van der Waals surface area contributed by atoms with Crippen LogP contribution in [0.3, 0.4) is 0 Å². The smallest absolute Gasteiger partial charge is 0.161 e. The third-order valence-corrected chi connectivity index (χ3v) is 3.11. The summed E-state index contributed by atoms with van der Waals surface area (Å²) >= 11 is 5.83. The summed E-state index contributed by atoms with van der Waals surface area (Å²) in [7, 11) is 3.31. The molecule has 0 aliphatic heterocycles. The van der Waals surface area contributed by atoms with E-state index in [0.29, 0.717) is 11.8 Å². The highest BCUT2D eigenvalue weighted by atomic mass is 35.5. The van der Waals surface area contributed by atoms with Gasteiger partial charge in [-0.3, -0.25) is 0 Å². The maximum atomic E-state index is 5.83. The Morgan fingerprint density at radius 1 is 1.29 bits per heavy atom. The molecule has 14 heavy (non-hydrogen) atoms. The Labute approximate surface area is 88.8 Å². The van der Waals surface area contributed by atoms with Crippen LogP contribution in [0.2, 0.25) is 0 Å².